The van der Waals surface area contributed by atoms with E-state index in [4.69, 9.17) is 4.42 Å². The topological polar surface area (TPSA) is 115 Å². The van der Waals surface area contributed by atoms with Crippen LogP contribution in [0.3, 0.4) is 0 Å². The van der Waals surface area contributed by atoms with Gasteiger partial charge in [-0.15, -0.1) is 0 Å². The van der Waals surface area contributed by atoms with Crippen molar-refractivity contribution in [2.75, 3.05) is 17.2 Å². The average Bonchev–Trinajstić information content (AvgIpc) is 3.39. The fourth-order valence-corrected chi connectivity index (χ4v) is 4.28. The van der Waals surface area contributed by atoms with Crippen molar-refractivity contribution < 1.29 is 22.8 Å². The summed E-state index contributed by atoms with van der Waals surface area (Å²) in [7, 11) is 0. The van der Waals surface area contributed by atoms with Crippen LogP contribution in [0.25, 0.3) is 11.5 Å². The number of halogens is 2. The summed E-state index contributed by atoms with van der Waals surface area (Å²) >= 11 is 0. The predicted octanol–water partition coefficient (Wildman–Crippen LogP) is 4.88. The first-order valence-electron chi connectivity index (χ1n) is 11.8. The summed E-state index contributed by atoms with van der Waals surface area (Å²) < 4.78 is 34.2. The molecular formula is C24H26F2N6O3. The van der Waals surface area contributed by atoms with Crippen LogP contribution in [0.1, 0.15) is 67.2 Å². The Morgan fingerprint density at radius 3 is 2.74 bits per heavy atom. The maximum atomic E-state index is 13.6. The fourth-order valence-electron chi connectivity index (χ4n) is 4.28. The minimum Gasteiger partial charge on any atom is -0.444 e. The average molecular weight is 485 g/mol. The van der Waals surface area contributed by atoms with Crippen LogP contribution in [-0.2, 0) is 4.79 Å². The van der Waals surface area contributed by atoms with Gasteiger partial charge in [-0.3, -0.25) is 9.48 Å². The summed E-state index contributed by atoms with van der Waals surface area (Å²) in [5.41, 5.74) is 0.0377. The smallest absolute Gasteiger partial charge is 0.284 e. The van der Waals surface area contributed by atoms with E-state index in [-0.39, 0.29) is 29.2 Å². The van der Waals surface area contributed by atoms with Crippen molar-refractivity contribution in [1.82, 2.24) is 19.7 Å². The first-order chi connectivity index (χ1) is 17.0. The third-order valence-corrected chi connectivity index (χ3v) is 6.54. The molecule has 3 aromatic rings. The van der Waals surface area contributed by atoms with Crippen molar-refractivity contribution in [2.24, 2.45) is 11.8 Å². The number of amides is 1. The Balaban J connectivity index is 1.28. The molecule has 9 nitrogen and oxygen atoms in total. The summed E-state index contributed by atoms with van der Waals surface area (Å²) in [6.45, 7) is 0.856. The monoisotopic (exact) mass is 484 g/mol. The van der Waals surface area contributed by atoms with E-state index in [9.17, 15) is 18.4 Å². The van der Waals surface area contributed by atoms with Crippen molar-refractivity contribution in [3.05, 3.63) is 42.2 Å². The van der Waals surface area contributed by atoms with Gasteiger partial charge in [-0.05, 0) is 56.6 Å². The number of rotatable bonds is 9. The molecule has 0 bridgehead atoms. The Morgan fingerprint density at radius 2 is 2.03 bits per heavy atom. The molecule has 2 fully saturated rings. The number of alkyl halides is 2. The standard InChI is InChI=1S/C24H26F2N6O3/c25-22(26)21-18(11-32(31-21)17-5-3-15(12-33)4-6-17)29-23(34)19-13-35-24(30-19)16-7-8-27-20(9-16)28-10-14-1-2-14/h7-9,11-15,17,22H,1-6,10H2,(H,27,28)(H,29,34). The second kappa shape index (κ2) is 9.93. The van der Waals surface area contributed by atoms with Gasteiger partial charge in [0.2, 0.25) is 5.89 Å². The van der Waals surface area contributed by atoms with E-state index >= 15 is 0 Å². The number of hydrogen-bond acceptors (Lipinski definition) is 7. The molecule has 2 aliphatic carbocycles. The van der Waals surface area contributed by atoms with E-state index in [1.807, 2.05) is 0 Å². The van der Waals surface area contributed by atoms with Gasteiger partial charge in [-0.25, -0.2) is 18.7 Å². The molecule has 0 spiro atoms. The molecule has 0 unspecified atom stereocenters. The number of carbonyl (C=O) groups excluding carboxylic acids is 2. The third-order valence-electron chi connectivity index (χ3n) is 6.54. The largest absolute Gasteiger partial charge is 0.444 e. The highest BCUT2D eigenvalue weighted by Gasteiger charge is 2.27. The van der Waals surface area contributed by atoms with Gasteiger partial charge in [-0.1, -0.05) is 0 Å². The number of oxazole rings is 1. The molecule has 2 aliphatic rings. The molecule has 0 aromatic carbocycles. The van der Waals surface area contributed by atoms with Gasteiger partial charge in [-0.2, -0.15) is 5.10 Å². The number of aromatic nitrogens is 4. The van der Waals surface area contributed by atoms with Crippen LogP contribution in [0.5, 0.6) is 0 Å². The Bertz CT molecular complexity index is 1200. The van der Waals surface area contributed by atoms with Crippen LogP contribution in [0.2, 0.25) is 0 Å². The molecule has 11 heteroatoms. The highest BCUT2D eigenvalue weighted by atomic mass is 19.3. The Kier molecular flexibility index (Phi) is 6.56. The molecule has 1 amide bonds. The molecule has 184 valence electrons. The Labute approximate surface area is 200 Å². The number of nitrogens with one attached hydrogen (secondary N) is 2. The zero-order chi connectivity index (χ0) is 24.4. The number of pyridine rings is 1. The molecule has 3 aromatic heterocycles. The van der Waals surface area contributed by atoms with Crippen LogP contribution in [0, 0.1) is 11.8 Å². The Hall–Kier alpha value is -3.63. The highest BCUT2D eigenvalue weighted by molar-refractivity contribution is 6.03. The molecule has 0 radical (unpaired) electrons. The summed E-state index contributed by atoms with van der Waals surface area (Å²) in [6, 6.07) is 3.41. The predicted molar refractivity (Wildman–Crippen MR) is 123 cm³/mol. The lowest BCUT2D eigenvalue weighted by Crippen LogP contribution is -2.19. The molecule has 35 heavy (non-hydrogen) atoms. The minimum absolute atomic E-state index is 0.00219. The molecule has 5 rings (SSSR count). The number of carbonyl (C=O) groups is 2. The third kappa shape index (κ3) is 5.39. The number of nitrogens with zero attached hydrogens (tertiary/aromatic N) is 4. The highest BCUT2D eigenvalue weighted by Crippen LogP contribution is 2.34. The van der Waals surface area contributed by atoms with Gasteiger partial charge in [0.05, 0.1) is 11.7 Å². The molecule has 0 saturated heterocycles. The first-order valence-corrected chi connectivity index (χ1v) is 11.8. The minimum atomic E-state index is -2.86. The molecule has 2 saturated carbocycles. The van der Waals surface area contributed by atoms with Crippen molar-refractivity contribution >= 4 is 23.7 Å². The van der Waals surface area contributed by atoms with Crippen molar-refractivity contribution in [3.8, 4) is 11.5 Å². The van der Waals surface area contributed by atoms with Crippen molar-refractivity contribution in [3.63, 3.8) is 0 Å². The zero-order valence-corrected chi connectivity index (χ0v) is 19.0. The Morgan fingerprint density at radius 1 is 1.23 bits per heavy atom. The van der Waals surface area contributed by atoms with E-state index < -0.39 is 18.0 Å². The SMILES string of the molecule is O=CC1CCC(n2cc(NC(=O)c3coc(-c4ccnc(NCC5CC5)c4)n3)c(C(F)F)n2)CC1. The molecule has 0 atom stereocenters. The lowest BCUT2D eigenvalue weighted by Gasteiger charge is -2.25. The number of anilines is 2. The normalized spacial score (nSPS) is 20.1. The summed E-state index contributed by atoms with van der Waals surface area (Å²) in [5.74, 6) is 0.930. The van der Waals surface area contributed by atoms with Crippen molar-refractivity contribution in [2.45, 2.75) is 51.0 Å². The summed E-state index contributed by atoms with van der Waals surface area (Å²) in [6.07, 6.45) is 7.47. The van der Waals surface area contributed by atoms with Crippen LogP contribution < -0.4 is 10.6 Å². The van der Waals surface area contributed by atoms with Crippen LogP contribution >= 0.6 is 0 Å². The summed E-state index contributed by atoms with van der Waals surface area (Å²) in [4.78, 5) is 32.3. The van der Waals surface area contributed by atoms with Crippen LogP contribution in [0.4, 0.5) is 20.3 Å². The molecular weight excluding hydrogens is 458 g/mol. The van der Waals surface area contributed by atoms with E-state index in [2.05, 4.69) is 25.7 Å². The summed E-state index contributed by atoms with van der Waals surface area (Å²) in [5, 5.41) is 9.80. The van der Waals surface area contributed by atoms with E-state index in [0.717, 1.165) is 12.8 Å². The second-order valence-electron chi connectivity index (χ2n) is 9.16. The molecule has 0 aliphatic heterocycles. The van der Waals surface area contributed by atoms with Gasteiger partial charge in [0.25, 0.3) is 12.3 Å². The van der Waals surface area contributed by atoms with Gasteiger partial charge < -0.3 is 19.8 Å². The maximum Gasteiger partial charge on any atom is 0.284 e. The fraction of sp³-hybridized carbons (Fsp3) is 0.458. The first kappa shape index (κ1) is 23.1. The van der Waals surface area contributed by atoms with Crippen LogP contribution in [0.15, 0.2) is 35.2 Å². The van der Waals surface area contributed by atoms with Crippen LogP contribution in [-0.4, -0.2) is 38.5 Å². The quantitative estimate of drug-likeness (QED) is 0.416. The van der Waals surface area contributed by atoms with Gasteiger partial charge in [0.1, 0.15) is 18.4 Å². The van der Waals surface area contributed by atoms with Crippen molar-refractivity contribution in [1.29, 1.82) is 0 Å². The lowest BCUT2D eigenvalue weighted by atomic mass is 9.87. The van der Waals surface area contributed by atoms with E-state index in [1.54, 1.807) is 18.3 Å². The van der Waals surface area contributed by atoms with E-state index in [0.29, 0.717) is 43.0 Å². The van der Waals surface area contributed by atoms with E-state index in [1.165, 1.54) is 30.0 Å². The van der Waals surface area contributed by atoms with Gasteiger partial charge in [0.15, 0.2) is 11.4 Å². The zero-order valence-electron chi connectivity index (χ0n) is 19.0. The second-order valence-corrected chi connectivity index (χ2v) is 9.16. The van der Waals surface area contributed by atoms with Gasteiger partial charge >= 0.3 is 0 Å². The molecule has 3 heterocycles. The maximum absolute atomic E-state index is 13.6. The molecule has 2 N–H and O–H groups in total. The van der Waals surface area contributed by atoms with Gasteiger partial charge in [0, 0.05) is 30.4 Å². The lowest BCUT2D eigenvalue weighted by molar-refractivity contribution is -0.112. The number of aldehydes is 1. The number of hydrogen-bond donors (Lipinski definition) is 2.